The molecule has 0 N–H and O–H groups in total. The van der Waals surface area contributed by atoms with Gasteiger partial charge in [-0.3, -0.25) is 0 Å². The molecular weight excluding hydrogens is 148 g/mol. The summed E-state index contributed by atoms with van der Waals surface area (Å²) < 4.78 is 5.32. The van der Waals surface area contributed by atoms with Gasteiger partial charge >= 0.3 is 0 Å². The summed E-state index contributed by atoms with van der Waals surface area (Å²) in [6, 6.07) is 0. The average molecular weight is 165 g/mol. The second-order valence-corrected chi connectivity index (χ2v) is 3.42. The van der Waals surface area contributed by atoms with Crippen molar-refractivity contribution < 1.29 is 4.74 Å². The van der Waals surface area contributed by atoms with Crippen molar-refractivity contribution in [1.82, 2.24) is 0 Å². The molecule has 62 valence electrons. The van der Waals surface area contributed by atoms with Gasteiger partial charge in [0.1, 0.15) is 0 Å². The third-order valence-corrected chi connectivity index (χ3v) is 1.94. The summed E-state index contributed by atoms with van der Waals surface area (Å²) in [4.78, 5) is 0. The van der Waals surface area contributed by atoms with E-state index in [1.54, 1.807) is 0 Å². The van der Waals surface area contributed by atoms with E-state index < -0.39 is 0 Å². The van der Waals surface area contributed by atoms with Crippen LogP contribution in [0.1, 0.15) is 27.2 Å². The van der Waals surface area contributed by atoms with Crippen LogP contribution in [-0.2, 0) is 4.74 Å². The summed E-state index contributed by atoms with van der Waals surface area (Å²) >= 11 is 5.83. The Labute approximate surface area is 68.7 Å². The highest BCUT2D eigenvalue weighted by atomic mass is 35.5. The molecule has 0 aliphatic rings. The Morgan fingerprint density at radius 1 is 1.40 bits per heavy atom. The first-order valence-electron chi connectivity index (χ1n) is 3.90. The fourth-order valence-electron chi connectivity index (χ4n) is 0.546. The van der Waals surface area contributed by atoms with Gasteiger partial charge in [0.15, 0.2) is 0 Å². The van der Waals surface area contributed by atoms with E-state index in [9.17, 15) is 0 Å². The van der Waals surface area contributed by atoms with Crippen molar-refractivity contribution in [2.24, 2.45) is 5.92 Å². The van der Waals surface area contributed by atoms with E-state index in [1.807, 2.05) is 6.92 Å². The van der Waals surface area contributed by atoms with Crippen molar-refractivity contribution in [2.75, 3.05) is 13.2 Å². The molecule has 10 heavy (non-hydrogen) atoms. The Balaban J connectivity index is 3.13. The van der Waals surface area contributed by atoms with Gasteiger partial charge in [-0.2, -0.15) is 0 Å². The van der Waals surface area contributed by atoms with E-state index in [-0.39, 0.29) is 5.38 Å². The fourth-order valence-corrected chi connectivity index (χ4v) is 0.619. The van der Waals surface area contributed by atoms with Gasteiger partial charge in [-0.25, -0.2) is 0 Å². The Morgan fingerprint density at radius 3 is 2.40 bits per heavy atom. The second kappa shape index (κ2) is 5.99. The monoisotopic (exact) mass is 164 g/mol. The van der Waals surface area contributed by atoms with Gasteiger partial charge in [0.2, 0.25) is 0 Å². The van der Waals surface area contributed by atoms with Crippen molar-refractivity contribution in [2.45, 2.75) is 32.6 Å². The fraction of sp³-hybridized carbons (Fsp3) is 1.00. The molecule has 0 saturated heterocycles. The molecule has 2 atom stereocenters. The Bertz CT molecular complexity index is 73.7. The summed E-state index contributed by atoms with van der Waals surface area (Å²) in [6.07, 6.45) is 1.09. The molecule has 0 aliphatic carbocycles. The van der Waals surface area contributed by atoms with Gasteiger partial charge in [-0.1, -0.05) is 13.8 Å². The van der Waals surface area contributed by atoms with Gasteiger partial charge in [-0.05, 0) is 19.3 Å². The number of ether oxygens (including phenoxy) is 1. The first-order chi connectivity index (χ1) is 4.68. The normalized spacial score (nSPS) is 16.8. The van der Waals surface area contributed by atoms with Crippen molar-refractivity contribution >= 4 is 11.6 Å². The summed E-state index contributed by atoms with van der Waals surface area (Å²) in [6.45, 7) is 7.86. The maximum Gasteiger partial charge on any atom is 0.0505 e. The molecule has 0 rings (SSSR count). The molecule has 2 unspecified atom stereocenters. The molecule has 0 amide bonds. The average Bonchev–Trinajstić information content (AvgIpc) is 1.88. The van der Waals surface area contributed by atoms with Crippen LogP contribution in [0, 0.1) is 5.92 Å². The van der Waals surface area contributed by atoms with Crippen molar-refractivity contribution in [3.8, 4) is 0 Å². The Kier molecular flexibility index (Phi) is 6.14. The number of hydrogen-bond donors (Lipinski definition) is 0. The van der Waals surface area contributed by atoms with Crippen LogP contribution in [0.25, 0.3) is 0 Å². The van der Waals surface area contributed by atoms with Crippen LogP contribution < -0.4 is 0 Å². The van der Waals surface area contributed by atoms with Crippen LogP contribution in [0.4, 0.5) is 0 Å². The van der Waals surface area contributed by atoms with Crippen LogP contribution in [-0.4, -0.2) is 18.6 Å². The van der Waals surface area contributed by atoms with E-state index in [0.717, 1.165) is 19.6 Å². The summed E-state index contributed by atoms with van der Waals surface area (Å²) in [7, 11) is 0. The van der Waals surface area contributed by atoms with Crippen molar-refractivity contribution in [1.29, 1.82) is 0 Å². The summed E-state index contributed by atoms with van der Waals surface area (Å²) in [5.41, 5.74) is 0. The molecule has 0 aromatic heterocycles. The highest BCUT2D eigenvalue weighted by Gasteiger charge is 2.07. The molecule has 0 saturated carbocycles. The van der Waals surface area contributed by atoms with Gasteiger partial charge in [0.05, 0.1) is 6.61 Å². The molecule has 0 aromatic carbocycles. The number of hydrogen-bond acceptors (Lipinski definition) is 1. The molecule has 0 bridgehead atoms. The van der Waals surface area contributed by atoms with Crippen molar-refractivity contribution in [3.63, 3.8) is 0 Å². The molecule has 0 fully saturated rings. The van der Waals surface area contributed by atoms with Crippen molar-refractivity contribution in [3.05, 3.63) is 0 Å². The molecule has 0 aliphatic heterocycles. The quantitative estimate of drug-likeness (QED) is 0.449. The van der Waals surface area contributed by atoms with E-state index in [0.29, 0.717) is 5.92 Å². The number of rotatable bonds is 5. The van der Waals surface area contributed by atoms with Crippen LogP contribution in [0.2, 0.25) is 0 Å². The van der Waals surface area contributed by atoms with Crippen LogP contribution >= 0.6 is 11.6 Å². The molecule has 1 nitrogen and oxygen atoms in total. The zero-order valence-electron chi connectivity index (χ0n) is 7.06. The summed E-state index contributed by atoms with van der Waals surface area (Å²) in [5, 5.41) is 0.219. The lowest BCUT2D eigenvalue weighted by molar-refractivity contribution is 0.105. The van der Waals surface area contributed by atoms with Gasteiger partial charge in [0.25, 0.3) is 0 Å². The minimum atomic E-state index is 0.219. The Hall–Kier alpha value is 0.250. The lowest BCUT2D eigenvalue weighted by Gasteiger charge is -2.12. The van der Waals surface area contributed by atoms with Gasteiger partial charge in [0, 0.05) is 12.0 Å². The smallest absolute Gasteiger partial charge is 0.0505 e. The van der Waals surface area contributed by atoms with Gasteiger partial charge in [-0.15, -0.1) is 11.6 Å². The molecule has 0 heterocycles. The van der Waals surface area contributed by atoms with Crippen LogP contribution in [0.15, 0.2) is 0 Å². The molecule has 0 aromatic rings. The van der Waals surface area contributed by atoms with Crippen LogP contribution in [0.5, 0.6) is 0 Å². The molecular formula is C8H17ClO. The van der Waals surface area contributed by atoms with E-state index in [4.69, 9.17) is 16.3 Å². The van der Waals surface area contributed by atoms with E-state index in [2.05, 4.69) is 13.8 Å². The SMILES string of the molecule is CCCOCC(C)C(C)Cl. The largest absolute Gasteiger partial charge is 0.381 e. The predicted octanol–water partition coefficient (Wildman–Crippen LogP) is 2.68. The second-order valence-electron chi connectivity index (χ2n) is 2.73. The minimum Gasteiger partial charge on any atom is -0.381 e. The minimum absolute atomic E-state index is 0.219. The lowest BCUT2D eigenvalue weighted by atomic mass is 10.1. The number of halogens is 1. The molecule has 0 radical (unpaired) electrons. The van der Waals surface area contributed by atoms with Gasteiger partial charge < -0.3 is 4.74 Å². The predicted molar refractivity (Wildman–Crippen MR) is 45.6 cm³/mol. The van der Waals surface area contributed by atoms with Crippen LogP contribution in [0.3, 0.4) is 0 Å². The highest BCUT2D eigenvalue weighted by molar-refractivity contribution is 6.20. The Morgan fingerprint density at radius 2 is 2.00 bits per heavy atom. The molecule has 2 heteroatoms. The first kappa shape index (κ1) is 10.2. The van der Waals surface area contributed by atoms with E-state index in [1.165, 1.54) is 0 Å². The third kappa shape index (κ3) is 5.07. The third-order valence-electron chi connectivity index (χ3n) is 1.51. The maximum atomic E-state index is 5.83. The zero-order valence-corrected chi connectivity index (χ0v) is 7.82. The standard InChI is InChI=1S/C8H17ClO/c1-4-5-10-6-7(2)8(3)9/h7-8H,4-6H2,1-3H3. The maximum absolute atomic E-state index is 5.83. The van der Waals surface area contributed by atoms with E-state index >= 15 is 0 Å². The zero-order chi connectivity index (χ0) is 7.98. The number of alkyl halides is 1. The first-order valence-corrected chi connectivity index (χ1v) is 4.34. The lowest BCUT2D eigenvalue weighted by Crippen LogP contribution is -2.14. The topological polar surface area (TPSA) is 9.23 Å². The summed E-state index contributed by atoms with van der Waals surface area (Å²) in [5.74, 6) is 0.466. The highest BCUT2D eigenvalue weighted by Crippen LogP contribution is 2.09. The molecule has 0 spiro atoms.